The van der Waals surface area contributed by atoms with Crippen LogP contribution in [0.15, 0.2) is 23.6 Å². The van der Waals surface area contributed by atoms with E-state index in [-0.39, 0.29) is 5.91 Å². The Morgan fingerprint density at radius 2 is 1.72 bits per heavy atom. The Bertz CT molecular complexity index is 702. The number of likely N-dealkylation sites (tertiary alicyclic amines) is 2. The number of amides is 1. The number of ketones is 1. The summed E-state index contributed by atoms with van der Waals surface area (Å²) < 4.78 is 6.02. The third-order valence-corrected chi connectivity index (χ3v) is 7.92. The highest BCUT2D eigenvalue weighted by molar-refractivity contribution is 5.82. The maximum atomic E-state index is 12.8. The van der Waals surface area contributed by atoms with Gasteiger partial charge < -0.3 is 14.5 Å². The van der Waals surface area contributed by atoms with Crippen molar-refractivity contribution in [2.75, 3.05) is 32.8 Å². The molecule has 178 valence electrons. The minimum absolute atomic E-state index is 0.228. The SMILES string of the molecule is O=C(C[C@H]1CCC(=O)N(C2=CC=C(OCCCN3CCCCC3)CC2)CC1)C1CCCC1. The van der Waals surface area contributed by atoms with Crippen molar-refractivity contribution in [1.29, 1.82) is 0 Å². The second-order valence-electron chi connectivity index (χ2n) is 10.3. The van der Waals surface area contributed by atoms with E-state index in [0.717, 1.165) is 76.1 Å². The minimum Gasteiger partial charge on any atom is -0.498 e. The Morgan fingerprint density at radius 3 is 2.47 bits per heavy atom. The molecule has 2 saturated heterocycles. The van der Waals surface area contributed by atoms with Gasteiger partial charge in [-0.3, -0.25) is 9.59 Å². The van der Waals surface area contributed by atoms with Crippen molar-refractivity contribution in [2.45, 2.75) is 89.9 Å². The summed E-state index contributed by atoms with van der Waals surface area (Å²) in [4.78, 5) is 29.9. The van der Waals surface area contributed by atoms with Gasteiger partial charge >= 0.3 is 0 Å². The second kappa shape index (κ2) is 12.0. The summed E-state index contributed by atoms with van der Waals surface area (Å²) in [6, 6.07) is 0. The highest BCUT2D eigenvalue weighted by Crippen LogP contribution is 2.32. The zero-order chi connectivity index (χ0) is 22.2. The summed E-state index contributed by atoms with van der Waals surface area (Å²) in [5.41, 5.74) is 1.12. The van der Waals surface area contributed by atoms with E-state index in [9.17, 15) is 9.59 Å². The molecule has 0 unspecified atom stereocenters. The Kier molecular flexibility index (Phi) is 8.84. The largest absolute Gasteiger partial charge is 0.498 e. The standard InChI is InChI=1S/C27H42N2O3/c30-26(23-7-2-3-8-23)21-22-9-14-27(31)29(19-15-22)24-10-12-25(13-11-24)32-20-6-18-28-16-4-1-5-17-28/h10,12,22-23H,1-9,11,13-21H2/t22-/m0/s1. The van der Waals surface area contributed by atoms with Crippen LogP contribution in [-0.4, -0.2) is 54.3 Å². The van der Waals surface area contributed by atoms with Crippen LogP contribution in [0.2, 0.25) is 0 Å². The number of carbonyl (C=O) groups is 2. The van der Waals surface area contributed by atoms with Crippen molar-refractivity contribution in [3.8, 4) is 0 Å². The molecule has 1 saturated carbocycles. The summed E-state index contributed by atoms with van der Waals surface area (Å²) in [7, 11) is 0. The zero-order valence-electron chi connectivity index (χ0n) is 19.9. The van der Waals surface area contributed by atoms with Crippen LogP contribution in [0.25, 0.3) is 0 Å². The van der Waals surface area contributed by atoms with E-state index in [0.29, 0.717) is 30.5 Å². The van der Waals surface area contributed by atoms with Crippen LogP contribution < -0.4 is 0 Å². The molecular formula is C27H42N2O3. The molecule has 32 heavy (non-hydrogen) atoms. The van der Waals surface area contributed by atoms with E-state index in [1.54, 1.807) is 0 Å². The molecule has 0 aromatic heterocycles. The maximum absolute atomic E-state index is 12.8. The molecule has 0 aromatic rings. The smallest absolute Gasteiger partial charge is 0.226 e. The van der Waals surface area contributed by atoms with Crippen LogP contribution in [0.4, 0.5) is 0 Å². The first-order chi connectivity index (χ1) is 15.7. The number of piperidine rings is 1. The summed E-state index contributed by atoms with van der Waals surface area (Å²) in [5, 5.41) is 0. The number of nitrogens with zero attached hydrogens (tertiary/aromatic N) is 2. The molecule has 1 amide bonds. The monoisotopic (exact) mass is 442 g/mol. The van der Waals surface area contributed by atoms with Crippen LogP contribution in [0.5, 0.6) is 0 Å². The van der Waals surface area contributed by atoms with E-state index in [1.165, 1.54) is 45.2 Å². The molecule has 4 aliphatic rings. The van der Waals surface area contributed by atoms with Crippen molar-refractivity contribution < 1.29 is 14.3 Å². The molecule has 0 N–H and O–H groups in total. The maximum Gasteiger partial charge on any atom is 0.226 e. The van der Waals surface area contributed by atoms with Crippen LogP contribution in [-0.2, 0) is 14.3 Å². The number of allylic oxidation sites excluding steroid dienone is 4. The molecule has 3 fully saturated rings. The lowest BCUT2D eigenvalue weighted by molar-refractivity contribution is -0.129. The normalized spacial score (nSPS) is 25.9. The molecule has 5 heteroatoms. The van der Waals surface area contributed by atoms with Gasteiger partial charge in [0.05, 0.1) is 12.4 Å². The lowest BCUT2D eigenvalue weighted by atomic mass is 9.89. The van der Waals surface area contributed by atoms with E-state index in [4.69, 9.17) is 4.74 Å². The number of rotatable bonds is 9. The highest BCUT2D eigenvalue weighted by atomic mass is 16.5. The molecule has 0 aromatic carbocycles. The third kappa shape index (κ3) is 6.69. The van der Waals surface area contributed by atoms with Gasteiger partial charge in [-0.15, -0.1) is 0 Å². The first-order valence-corrected chi connectivity index (χ1v) is 13.3. The Morgan fingerprint density at radius 1 is 0.906 bits per heavy atom. The third-order valence-electron chi connectivity index (χ3n) is 7.92. The van der Waals surface area contributed by atoms with E-state index in [1.807, 2.05) is 4.90 Å². The van der Waals surface area contributed by atoms with Crippen LogP contribution in [0.3, 0.4) is 0 Å². The van der Waals surface area contributed by atoms with Gasteiger partial charge in [0.15, 0.2) is 0 Å². The van der Waals surface area contributed by atoms with Gasteiger partial charge in [0.2, 0.25) is 5.91 Å². The first kappa shape index (κ1) is 23.5. The summed E-state index contributed by atoms with van der Waals surface area (Å²) in [6.07, 6.45) is 18.7. The average molecular weight is 443 g/mol. The zero-order valence-corrected chi connectivity index (χ0v) is 19.9. The van der Waals surface area contributed by atoms with Gasteiger partial charge in [-0.2, -0.15) is 0 Å². The van der Waals surface area contributed by atoms with E-state index >= 15 is 0 Å². The number of hydrogen-bond acceptors (Lipinski definition) is 4. The topological polar surface area (TPSA) is 49.9 Å². The van der Waals surface area contributed by atoms with Crippen molar-refractivity contribution in [3.05, 3.63) is 23.6 Å². The van der Waals surface area contributed by atoms with E-state index in [2.05, 4.69) is 17.1 Å². The lowest BCUT2D eigenvalue weighted by Gasteiger charge is -2.27. The molecular weight excluding hydrogens is 400 g/mol. The van der Waals surface area contributed by atoms with Gasteiger partial charge in [-0.1, -0.05) is 19.3 Å². The summed E-state index contributed by atoms with van der Waals surface area (Å²) >= 11 is 0. The Hall–Kier alpha value is -1.62. The Balaban J connectivity index is 1.20. The Labute approximate surface area is 194 Å². The molecule has 5 nitrogen and oxygen atoms in total. The van der Waals surface area contributed by atoms with Crippen LogP contribution in [0.1, 0.15) is 89.9 Å². The molecule has 2 aliphatic heterocycles. The van der Waals surface area contributed by atoms with E-state index < -0.39 is 0 Å². The second-order valence-corrected chi connectivity index (χ2v) is 10.3. The van der Waals surface area contributed by atoms with Gasteiger partial charge in [-0.05, 0) is 82.5 Å². The minimum atomic E-state index is 0.228. The average Bonchev–Trinajstić information content (AvgIpc) is 3.31. The fourth-order valence-electron chi connectivity index (χ4n) is 5.88. The van der Waals surface area contributed by atoms with Gasteiger partial charge in [-0.25, -0.2) is 0 Å². The fourth-order valence-corrected chi connectivity index (χ4v) is 5.88. The number of carbonyl (C=O) groups excluding carboxylic acids is 2. The molecule has 2 heterocycles. The predicted octanol–water partition coefficient (Wildman–Crippen LogP) is 5.22. The molecule has 0 spiro atoms. The highest BCUT2D eigenvalue weighted by Gasteiger charge is 2.29. The molecule has 0 bridgehead atoms. The molecule has 0 radical (unpaired) electrons. The van der Waals surface area contributed by atoms with Crippen molar-refractivity contribution in [3.63, 3.8) is 0 Å². The number of ether oxygens (including phenoxy) is 1. The molecule has 4 rings (SSSR count). The molecule has 2 aliphatic carbocycles. The first-order valence-electron chi connectivity index (χ1n) is 13.3. The van der Waals surface area contributed by atoms with Crippen molar-refractivity contribution >= 4 is 11.7 Å². The number of hydrogen-bond donors (Lipinski definition) is 0. The van der Waals surface area contributed by atoms with Crippen molar-refractivity contribution in [1.82, 2.24) is 9.80 Å². The quantitative estimate of drug-likeness (QED) is 0.460. The lowest BCUT2D eigenvalue weighted by Crippen LogP contribution is -2.31. The van der Waals surface area contributed by atoms with Crippen LogP contribution >= 0.6 is 0 Å². The summed E-state index contributed by atoms with van der Waals surface area (Å²) in [6.45, 7) is 5.17. The molecule has 1 atom stereocenters. The van der Waals surface area contributed by atoms with Gasteiger partial charge in [0, 0.05) is 44.0 Å². The van der Waals surface area contributed by atoms with Crippen molar-refractivity contribution in [2.24, 2.45) is 11.8 Å². The summed E-state index contributed by atoms with van der Waals surface area (Å²) in [5.74, 6) is 2.40. The predicted molar refractivity (Wildman–Crippen MR) is 127 cm³/mol. The van der Waals surface area contributed by atoms with Crippen LogP contribution in [0, 0.1) is 11.8 Å². The number of Topliss-reactive ketones (excluding diaryl/α,β-unsaturated/α-hetero) is 1. The van der Waals surface area contributed by atoms with Gasteiger partial charge in [0.25, 0.3) is 0 Å². The van der Waals surface area contributed by atoms with Gasteiger partial charge in [0.1, 0.15) is 5.78 Å². The fraction of sp³-hybridized carbons (Fsp3) is 0.778.